The lowest BCUT2D eigenvalue weighted by atomic mass is 10.1. The number of aromatic nitrogens is 3. The van der Waals surface area contributed by atoms with Gasteiger partial charge in [0.1, 0.15) is 0 Å². The Kier molecular flexibility index (Phi) is 4.63. The number of benzene rings is 2. The fourth-order valence-corrected chi connectivity index (χ4v) is 3.11. The van der Waals surface area contributed by atoms with Crippen LogP contribution in [-0.2, 0) is 0 Å². The largest absolute Gasteiger partial charge is 0.463 e. The van der Waals surface area contributed by atoms with Gasteiger partial charge in [-0.15, -0.1) is 5.10 Å². The van der Waals surface area contributed by atoms with Gasteiger partial charge in [0.25, 0.3) is 5.91 Å². The van der Waals surface area contributed by atoms with E-state index in [4.69, 9.17) is 37.4 Å². The van der Waals surface area contributed by atoms with E-state index in [1.807, 2.05) is 0 Å². The maximum atomic E-state index is 13.0. The van der Waals surface area contributed by atoms with Crippen molar-refractivity contribution in [3.8, 4) is 28.9 Å². The molecule has 1 aliphatic rings. The van der Waals surface area contributed by atoms with Gasteiger partial charge in [-0.2, -0.15) is 9.67 Å². The summed E-state index contributed by atoms with van der Waals surface area (Å²) in [6.45, 7) is 2.31. The summed E-state index contributed by atoms with van der Waals surface area (Å²) in [6.07, 6.45) is 0. The third-order valence-corrected chi connectivity index (χ3v) is 4.39. The smallest absolute Gasteiger partial charge is 0.336 e. The summed E-state index contributed by atoms with van der Waals surface area (Å²) in [5, 5.41) is 4.83. The number of fused-ring (bicyclic) bond motifs is 1. The maximum absolute atomic E-state index is 13.0. The van der Waals surface area contributed by atoms with Gasteiger partial charge in [0.15, 0.2) is 17.3 Å². The highest BCUT2D eigenvalue weighted by molar-refractivity contribution is 6.36. The number of hydrogen-bond acceptors (Lipinski definition) is 6. The van der Waals surface area contributed by atoms with Crippen LogP contribution in [0.1, 0.15) is 17.3 Å². The van der Waals surface area contributed by atoms with Crippen molar-refractivity contribution in [2.75, 3.05) is 13.4 Å². The van der Waals surface area contributed by atoms with E-state index in [9.17, 15) is 4.79 Å². The summed E-state index contributed by atoms with van der Waals surface area (Å²) in [7, 11) is 0. The summed E-state index contributed by atoms with van der Waals surface area (Å²) in [5.74, 6) is 1.04. The lowest BCUT2D eigenvalue weighted by Crippen LogP contribution is -2.16. The van der Waals surface area contributed by atoms with Crippen LogP contribution in [0.3, 0.4) is 0 Å². The Morgan fingerprint density at radius 3 is 2.78 bits per heavy atom. The number of carbonyl (C=O) groups excluding carboxylic acids is 1. The van der Waals surface area contributed by atoms with Gasteiger partial charge in [0, 0.05) is 10.6 Å². The first-order chi connectivity index (χ1) is 13.1. The van der Waals surface area contributed by atoms with Gasteiger partial charge in [0.2, 0.25) is 6.79 Å². The second kappa shape index (κ2) is 7.09. The van der Waals surface area contributed by atoms with Crippen LogP contribution >= 0.6 is 23.2 Å². The predicted molar refractivity (Wildman–Crippen MR) is 98.9 cm³/mol. The van der Waals surface area contributed by atoms with Gasteiger partial charge in [-0.3, -0.25) is 4.79 Å². The van der Waals surface area contributed by atoms with E-state index in [-0.39, 0.29) is 23.4 Å². The molecule has 3 aromatic rings. The molecule has 0 N–H and O–H groups in total. The second-order valence-electron chi connectivity index (χ2n) is 5.56. The molecular formula is C18H13Cl2N3O4. The predicted octanol–water partition coefficient (Wildman–Crippen LogP) is 4.07. The molecule has 0 unspecified atom stereocenters. The number of carbonyl (C=O) groups is 1. The summed E-state index contributed by atoms with van der Waals surface area (Å²) in [5.41, 5.74) is 0.868. The standard InChI is InChI=1S/C18H13Cl2N3O4/c1-2-25-18-21-16(10-3-6-14-15(7-10)27-9-26-14)23(22-18)17(24)12-5-4-11(19)8-13(12)20/h3-8H,2,9H2,1H3. The van der Waals surface area contributed by atoms with Crippen LogP contribution in [0.15, 0.2) is 36.4 Å². The number of nitrogens with zero attached hydrogens (tertiary/aromatic N) is 3. The van der Waals surface area contributed by atoms with Crippen molar-refractivity contribution in [3.63, 3.8) is 0 Å². The monoisotopic (exact) mass is 405 g/mol. The highest BCUT2D eigenvalue weighted by Gasteiger charge is 2.23. The van der Waals surface area contributed by atoms with Crippen molar-refractivity contribution < 1.29 is 19.0 Å². The Labute approximate surface area is 164 Å². The molecule has 0 bridgehead atoms. The number of halogens is 2. The van der Waals surface area contributed by atoms with E-state index < -0.39 is 5.91 Å². The van der Waals surface area contributed by atoms with Crippen LogP contribution < -0.4 is 14.2 Å². The van der Waals surface area contributed by atoms with E-state index in [0.29, 0.717) is 34.5 Å². The molecule has 0 radical (unpaired) electrons. The van der Waals surface area contributed by atoms with E-state index in [1.165, 1.54) is 6.07 Å². The van der Waals surface area contributed by atoms with Gasteiger partial charge in [0.05, 0.1) is 17.2 Å². The molecule has 0 spiro atoms. The van der Waals surface area contributed by atoms with Gasteiger partial charge in [-0.25, -0.2) is 0 Å². The number of ether oxygens (including phenoxy) is 3. The Bertz CT molecular complexity index is 1040. The van der Waals surface area contributed by atoms with E-state index in [1.54, 1.807) is 37.3 Å². The van der Waals surface area contributed by atoms with Crippen LogP contribution in [0.4, 0.5) is 0 Å². The Hall–Kier alpha value is -2.77. The van der Waals surface area contributed by atoms with Crippen molar-refractivity contribution >= 4 is 29.1 Å². The molecule has 9 heteroatoms. The number of rotatable bonds is 4. The summed E-state index contributed by atoms with van der Waals surface area (Å²) in [4.78, 5) is 17.4. The molecule has 27 heavy (non-hydrogen) atoms. The molecule has 2 heterocycles. The van der Waals surface area contributed by atoms with Crippen LogP contribution in [0.2, 0.25) is 10.0 Å². The third kappa shape index (κ3) is 3.31. The van der Waals surface area contributed by atoms with Gasteiger partial charge in [-0.1, -0.05) is 23.2 Å². The fraction of sp³-hybridized carbons (Fsp3) is 0.167. The lowest BCUT2D eigenvalue weighted by molar-refractivity contribution is 0.0945. The summed E-state index contributed by atoms with van der Waals surface area (Å²) in [6, 6.07) is 9.95. The van der Waals surface area contributed by atoms with E-state index >= 15 is 0 Å². The first-order valence-corrected chi connectivity index (χ1v) is 8.82. The minimum atomic E-state index is -0.456. The van der Waals surface area contributed by atoms with E-state index in [0.717, 1.165) is 4.68 Å². The molecular weight excluding hydrogens is 393 g/mol. The Balaban J connectivity index is 1.81. The fourth-order valence-electron chi connectivity index (χ4n) is 2.62. The highest BCUT2D eigenvalue weighted by atomic mass is 35.5. The molecule has 0 aliphatic carbocycles. The van der Waals surface area contributed by atoms with Crippen LogP contribution in [0, 0.1) is 0 Å². The quantitative estimate of drug-likeness (QED) is 0.651. The third-order valence-electron chi connectivity index (χ3n) is 3.85. The molecule has 0 atom stereocenters. The van der Waals surface area contributed by atoms with Crippen molar-refractivity contribution in [1.82, 2.24) is 14.8 Å². The zero-order valence-electron chi connectivity index (χ0n) is 14.1. The summed E-state index contributed by atoms with van der Waals surface area (Å²) < 4.78 is 17.2. The van der Waals surface area contributed by atoms with Gasteiger partial charge >= 0.3 is 6.01 Å². The molecule has 4 rings (SSSR count). The van der Waals surface area contributed by atoms with E-state index in [2.05, 4.69) is 10.1 Å². The molecule has 0 amide bonds. The average Bonchev–Trinajstić information content (AvgIpc) is 3.27. The molecule has 0 saturated heterocycles. The van der Waals surface area contributed by atoms with Crippen molar-refractivity contribution in [2.45, 2.75) is 6.92 Å². The van der Waals surface area contributed by atoms with Crippen molar-refractivity contribution in [2.24, 2.45) is 0 Å². The average molecular weight is 406 g/mol. The van der Waals surface area contributed by atoms with Gasteiger partial charge in [-0.05, 0) is 43.3 Å². The van der Waals surface area contributed by atoms with Crippen LogP contribution in [0.25, 0.3) is 11.4 Å². The highest BCUT2D eigenvalue weighted by Crippen LogP contribution is 2.36. The molecule has 0 saturated carbocycles. The molecule has 2 aromatic carbocycles. The maximum Gasteiger partial charge on any atom is 0.336 e. The summed E-state index contributed by atoms with van der Waals surface area (Å²) >= 11 is 12.1. The lowest BCUT2D eigenvalue weighted by Gasteiger charge is -2.07. The minimum absolute atomic E-state index is 0.0867. The normalized spacial score (nSPS) is 12.3. The topological polar surface area (TPSA) is 75.5 Å². The molecule has 1 aliphatic heterocycles. The molecule has 138 valence electrons. The second-order valence-corrected chi connectivity index (χ2v) is 6.40. The van der Waals surface area contributed by atoms with Crippen molar-refractivity contribution in [3.05, 3.63) is 52.0 Å². The van der Waals surface area contributed by atoms with Crippen LogP contribution in [0.5, 0.6) is 17.5 Å². The molecule has 1 aromatic heterocycles. The zero-order chi connectivity index (χ0) is 19.0. The Morgan fingerprint density at radius 2 is 2.00 bits per heavy atom. The first kappa shape index (κ1) is 17.6. The van der Waals surface area contributed by atoms with Crippen LogP contribution in [-0.4, -0.2) is 34.1 Å². The minimum Gasteiger partial charge on any atom is -0.463 e. The molecule has 0 fully saturated rings. The van der Waals surface area contributed by atoms with Crippen molar-refractivity contribution in [1.29, 1.82) is 0 Å². The SMILES string of the molecule is CCOc1nc(-c2ccc3c(c2)OCO3)n(C(=O)c2ccc(Cl)cc2Cl)n1. The molecule has 7 nitrogen and oxygen atoms in total. The first-order valence-electron chi connectivity index (χ1n) is 8.06. The Morgan fingerprint density at radius 1 is 1.19 bits per heavy atom. The zero-order valence-corrected chi connectivity index (χ0v) is 15.6. The van der Waals surface area contributed by atoms with Gasteiger partial charge < -0.3 is 14.2 Å². The number of hydrogen-bond donors (Lipinski definition) is 0.